The van der Waals surface area contributed by atoms with E-state index in [0.717, 1.165) is 0 Å². The summed E-state index contributed by atoms with van der Waals surface area (Å²) in [6.45, 7) is 7.61. The Hall–Kier alpha value is -2.08. The Bertz CT molecular complexity index is 590. The van der Waals surface area contributed by atoms with E-state index < -0.39 is 0 Å². The van der Waals surface area contributed by atoms with Crippen molar-refractivity contribution in [1.82, 2.24) is 0 Å². The predicted molar refractivity (Wildman–Crippen MR) is 98.9 cm³/mol. The summed E-state index contributed by atoms with van der Waals surface area (Å²) in [6, 6.07) is 17.4. The average Bonchev–Trinajstić information content (AvgIpc) is 2.58. The van der Waals surface area contributed by atoms with Gasteiger partial charge in [0.25, 0.3) is 0 Å². The van der Waals surface area contributed by atoms with Crippen LogP contribution >= 0.6 is 0 Å². The average molecular weight is 290 g/mol. The largest absolute Gasteiger partial charge is 0.0985 e. The molecule has 114 valence electrons. The standard InChI is InChI=1S/C22H26/c1-3-19-14-16-21(17-15-19)10-7-5-6-8-11-22-13-9-12-20(4-2)18-22/h3-4,9,12-18H,1-2,5-8,10-11H2. The van der Waals surface area contributed by atoms with Crippen LogP contribution in [0.2, 0.25) is 0 Å². The Morgan fingerprint density at radius 2 is 1.27 bits per heavy atom. The van der Waals surface area contributed by atoms with E-state index in [2.05, 4.69) is 61.7 Å². The van der Waals surface area contributed by atoms with Crippen LogP contribution < -0.4 is 0 Å². The number of aryl methyl sites for hydroxylation is 2. The summed E-state index contributed by atoms with van der Waals surface area (Å²) in [7, 11) is 0. The molecule has 0 bridgehead atoms. The monoisotopic (exact) mass is 290 g/mol. The van der Waals surface area contributed by atoms with Gasteiger partial charge in [-0.05, 0) is 47.9 Å². The Kier molecular flexibility index (Phi) is 6.70. The van der Waals surface area contributed by atoms with Crippen molar-refractivity contribution in [2.24, 2.45) is 0 Å². The minimum absolute atomic E-state index is 1.18. The van der Waals surface area contributed by atoms with Gasteiger partial charge in [-0.2, -0.15) is 0 Å². The van der Waals surface area contributed by atoms with E-state index in [1.807, 2.05) is 12.2 Å². The van der Waals surface area contributed by atoms with E-state index >= 15 is 0 Å². The lowest BCUT2D eigenvalue weighted by molar-refractivity contribution is 0.640. The Labute approximate surface area is 135 Å². The zero-order valence-electron chi connectivity index (χ0n) is 13.4. The van der Waals surface area contributed by atoms with Gasteiger partial charge < -0.3 is 0 Å². The van der Waals surface area contributed by atoms with E-state index in [9.17, 15) is 0 Å². The van der Waals surface area contributed by atoms with Crippen molar-refractivity contribution in [1.29, 1.82) is 0 Å². The molecule has 0 heterocycles. The molecule has 0 saturated heterocycles. The van der Waals surface area contributed by atoms with Crippen LogP contribution in [0.25, 0.3) is 12.2 Å². The quantitative estimate of drug-likeness (QED) is 0.474. The summed E-state index contributed by atoms with van der Waals surface area (Å²) in [5, 5.41) is 0. The number of hydrogen-bond donors (Lipinski definition) is 0. The molecular formula is C22H26. The van der Waals surface area contributed by atoms with E-state index in [4.69, 9.17) is 0 Å². The summed E-state index contributed by atoms with van der Waals surface area (Å²) in [5.41, 5.74) is 5.28. The van der Waals surface area contributed by atoms with Gasteiger partial charge >= 0.3 is 0 Å². The topological polar surface area (TPSA) is 0 Å². The molecule has 2 aromatic carbocycles. The number of unbranched alkanes of at least 4 members (excludes halogenated alkanes) is 3. The molecule has 0 radical (unpaired) electrons. The molecule has 0 spiro atoms. The molecular weight excluding hydrogens is 264 g/mol. The molecule has 0 aliphatic rings. The van der Waals surface area contributed by atoms with Crippen LogP contribution in [0.5, 0.6) is 0 Å². The summed E-state index contributed by atoms with van der Waals surface area (Å²) in [6.07, 6.45) is 11.3. The molecule has 0 heteroatoms. The van der Waals surface area contributed by atoms with E-state index in [0.29, 0.717) is 0 Å². The first-order chi connectivity index (χ1) is 10.8. The van der Waals surface area contributed by atoms with Gasteiger partial charge in [0.2, 0.25) is 0 Å². The van der Waals surface area contributed by atoms with Gasteiger partial charge in [-0.3, -0.25) is 0 Å². The van der Waals surface area contributed by atoms with Crippen molar-refractivity contribution in [3.63, 3.8) is 0 Å². The summed E-state index contributed by atoms with van der Waals surface area (Å²) < 4.78 is 0. The highest BCUT2D eigenvalue weighted by molar-refractivity contribution is 5.48. The third kappa shape index (κ3) is 5.37. The summed E-state index contributed by atoms with van der Waals surface area (Å²) >= 11 is 0. The molecule has 0 saturated carbocycles. The predicted octanol–water partition coefficient (Wildman–Crippen LogP) is 6.32. The Balaban J connectivity index is 1.62. The van der Waals surface area contributed by atoms with Gasteiger partial charge in [0.15, 0.2) is 0 Å². The highest BCUT2D eigenvalue weighted by Crippen LogP contribution is 2.13. The lowest BCUT2D eigenvalue weighted by atomic mass is 10.0. The first-order valence-electron chi connectivity index (χ1n) is 8.24. The lowest BCUT2D eigenvalue weighted by Gasteiger charge is -2.04. The first kappa shape index (κ1) is 16.3. The van der Waals surface area contributed by atoms with E-state index in [1.165, 1.54) is 60.8 Å². The molecule has 0 aliphatic carbocycles. The van der Waals surface area contributed by atoms with Gasteiger partial charge in [-0.1, -0.05) is 86.7 Å². The Morgan fingerprint density at radius 1 is 0.636 bits per heavy atom. The van der Waals surface area contributed by atoms with Crippen molar-refractivity contribution < 1.29 is 0 Å². The number of hydrogen-bond acceptors (Lipinski definition) is 0. The van der Waals surface area contributed by atoms with Crippen molar-refractivity contribution in [2.75, 3.05) is 0 Å². The minimum Gasteiger partial charge on any atom is -0.0985 e. The SMILES string of the molecule is C=Cc1ccc(CCCCCCc2cccc(C=C)c2)cc1. The lowest BCUT2D eigenvalue weighted by Crippen LogP contribution is -1.89. The maximum absolute atomic E-state index is 3.83. The smallest absolute Gasteiger partial charge is 0.0260 e. The molecule has 0 fully saturated rings. The third-order valence-corrected chi connectivity index (χ3v) is 4.08. The molecule has 0 unspecified atom stereocenters. The fourth-order valence-electron chi connectivity index (χ4n) is 2.71. The van der Waals surface area contributed by atoms with Crippen LogP contribution in [-0.2, 0) is 12.8 Å². The Morgan fingerprint density at radius 3 is 1.91 bits per heavy atom. The molecule has 0 amide bonds. The van der Waals surface area contributed by atoms with Gasteiger partial charge in [-0.25, -0.2) is 0 Å². The van der Waals surface area contributed by atoms with Crippen LogP contribution in [0.4, 0.5) is 0 Å². The van der Waals surface area contributed by atoms with Crippen molar-refractivity contribution in [3.8, 4) is 0 Å². The summed E-state index contributed by atoms with van der Waals surface area (Å²) in [4.78, 5) is 0. The zero-order chi connectivity index (χ0) is 15.6. The van der Waals surface area contributed by atoms with E-state index in [1.54, 1.807) is 0 Å². The van der Waals surface area contributed by atoms with Crippen LogP contribution in [-0.4, -0.2) is 0 Å². The van der Waals surface area contributed by atoms with Crippen LogP contribution in [0.1, 0.15) is 47.9 Å². The van der Waals surface area contributed by atoms with Crippen LogP contribution in [0, 0.1) is 0 Å². The van der Waals surface area contributed by atoms with Crippen molar-refractivity contribution in [2.45, 2.75) is 38.5 Å². The molecule has 0 aromatic heterocycles. The highest BCUT2D eigenvalue weighted by atomic mass is 14.0. The van der Waals surface area contributed by atoms with Crippen LogP contribution in [0.3, 0.4) is 0 Å². The molecule has 22 heavy (non-hydrogen) atoms. The summed E-state index contributed by atoms with van der Waals surface area (Å²) in [5.74, 6) is 0. The first-order valence-corrected chi connectivity index (χ1v) is 8.24. The maximum atomic E-state index is 3.83. The van der Waals surface area contributed by atoms with E-state index in [-0.39, 0.29) is 0 Å². The molecule has 0 nitrogen and oxygen atoms in total. The molecule has 0 atom stereocenters. The normalized spacial score (nSPS) is 10.4. The van der Waals surface area contributed by atoms with Crippen molar-refractivity contribution >= 4 is 12.2 Å². The zero-order valence-corrected chi connectivity index (χ0v) is 13.4. The fourth-order valence-corrected chi connectivity index (χ4v) is 2.71. The second kappa shape index (κ2) is 9.04. The second-order valence-corrected chi connectivity index (χ2v) is 5.81. The molecule has 0 N–H and O–H groups in total. The molecule has 2 aromatic rings. The fraction of sp³-hybridized carbons (Fsp3) is 0.273. The number of benzene rings is 2. The third-order valence-electron chi connectivity index (χ3n) is 4.08. The van der Waals surface area contributed by atoms with Crippen LogP contribution in [0.15, 0.2) is 61.7 Å². The highest BCUT2D eigenvalue weighted by Gasteiger charge is 1.97. The minimum atomic E-state index is 1.18. The van der Waals surface area contributed by atoms with Gasteiger partial charge in [0.05, 0.1) is 0 Å². The number of rotatable bonds is 9. The van der Waals surface area contributed by atoms with Gasteiger partial charge in [0.1, 0.15) is 0 Å². The second-order valence-electron chi connectivity index (χ2n) is 5.81. The van der Waals surface area contributed by atoms with Crippen molar-refractivity contribution in [3.05, 3.63) is 83.9 Å². The van der Waals surface area contributed by atoms with Gasteiger partial charge in [-0.15, -0.1) is 0 Å². The molecule has 2 rings (SSSR count). The maximum Gasteiger partial charge on any atom is -0.0260 e. The van der Waals surface area contributed by atoms with Gasteiger partial charge in [0, 0.05) is 0 Å². The molecule has 0 aliphatic heterocycles.